The van der Waals surface area contributed by atoms with Crippen LogP contribution in [0, 0.1) is 0 Å². The van der Waals surface area contributed by atoms with Crippen LogP contribution in [0.1, 0.15) is 50.2 Å². The number of aromatic nitrogens is 2. The number of para-hydroxylation sites is 3. The minimum atomic E-state index is -0.492. The molecule has 3 heteroatoms. The molecule has 368 valence electrons. The van der Waals surface area contributed by atoms with Crippen LogP contribution in [0.2, 0.25) is 0 Å². The van der Waals surface area contributed by atoms with Gasteiger partial charge in [-0.15, -0.1) is 0 Å². The number of hydrogen-bond acceptors (Lipinski definition) is 1. The minimum absolute atomic E-state index is 0.161. The summed E-state index contributed by atoms with van der Waals surface area (Å²) in [6.45, 7) is 9.63. The maximum absolute atomic E-state index is 2.60. The van der Waals surface area contributed by atoms with Gasteiger partial charge < -0.3 is 14.0 Å². The summed E-state index contributed by atoms with van der Waals surface area (Å²) < 4.78 is 5.17. The molecule has 0 amide bonds. The molecular formula is C74H57N3. The number of hydrogen-bond donors (Lipinski definition) is 0. The van der Waals surface area contributed by atoms with Gasteiger partial charge in [0.05, 0.1) is 17.1 Å². The molecule has 2 aliphatic rings. The van der Waals surface area contributed by atoms with Gasteiger partial charge >= 0.3 is 0 Å². The SMILES string of the molecule is CC1(C)c2ccccc2-c2ccc(N(c3ccc(-c4c(-c5ccccc5)c5c(n4-c4ccccc4)C(C)(C)c4c-5c(-c5ccccc5)c(-c5ccccc5)n4-c4ccccc4)cc3)c3ccccc3-c3ccccc3)cc21. The summed E-state index contributed by atoms with van der Waals surface area (Å²) >= 11 is 0. The van der Waals surface area contributed by atoms with Gasteiger partial charge in [-0.25, -0.2) is 0 Å². The van der Waals surface area contributed by atoms with Crippen molar-refractivity contribution in [3.8, 4) is 89.5 Å². The molecule has 77 heavy (non-hydrogen) atoms. The van der Waals surface area contributed by atoms with Crippen LogP contribution < -0.4 is 4.90 Å². The predicted octanol–water partition coefficient (Wildman–Crippen LogP) is 19.7. The highest BCUT2D eigenvalue weighted by atomic mass is 15.1. The van der Waals surface area contributed by atoms with Gasteiger partial charge in [0.15, 0.2) is 0 Å². The molecule has 0 fully saturated rings. The Morgan fingerprint density at radius 2 is 0.675 bits per heavy atom. The van der Waals surface area contributed by atoms with Gasteiger partial charge in [0.2, 0.25) is 0 Å². The number of rotatable bonds is 10. The second-order valence-electron chi connectivity index (χ2n) is 21.6. The van der Waals surface area contributed by atoms with Gasteiger partial charge in [0.1, 0.15) is 0 Å². The fourth-order valence-corrected chi connectivity index (χ4v) is 13.1. The van der Waals surface area contributed by atoms with Gasteiger partial charge in [-0.05, 0) is 119 Å². The highest BCUT2D eigenvalue weighted by molar-refractivity contribution is 6.09. The third kappa shape index (κ3) is 7.25. The monoisotopic (exact) mass is 987 g/mol. The minimum Gasteiger partial charge on any atom is -0.311 e. The van der Waals surface area contributed by atoms with E-state index < -0.39 is 5.41 Å². The summed E-state index contributed by atoms with van der Waals surface area (Å²) in [4.78, 5) is 2.47. The average molecular weight is 988 g/mol. The van der Waals surface area contributed by atoms with Crippen LogP contribution in [-0.4, -0.2) is 9.13 Å². The zero-order chi connectivity index (χ0) is 51.8. The van der Waals surface area contributed by atoms with E-state index in [-0.39, 0.29) is 5.41 Å². The maximum Gasteiger partial charge on any atom is 0.0616 e. The lowest BCUT2D eigenvalue weighted by Gasteiger charge is -2.30. The Labute approximate surface area is 452 Å². The molecule has 0 atom stereocenters. The van der Waals surface area contributed by atoms with Crippen molar-refractivity contribution in [1.82, 2.24) is 9.13 Å². The number of nitrogens with zero attached hydrogens (tertiary/aromatic N) is 3. The lowest BCUT2D eigenvalue weighted by molar-refractivity contribution is 0.589. The molecule has 10 aromatic carbocycles. The summed E-state index contributed by atoms with van der Waals surface area (Å²) in [5, 5.41) is 0. The molecule has 0 bridgehead atoms. The third-order valence-corrected chi connectivity index (χ3v) is 16.4. The van der Waals surface area contributed by atoms with Crippen molar-refractivity contribution in [3.05, 3.63) is 296 Å². The Morgan fingerprint density at radius 1 is 0.286 bits per heavy atom. The van der Waals surface area contributed by atoms with Crippen molar-refractivity contribution in [2.45, 2.75) is 38.5 Å². The van der Waals surface area contributed by atoms with Gasteiger partial charge in [0, 0.05) is 72.8 Å². The van der Waals surface area contributed by atoms with Crippen LogP contribution in [0.3, 0.4) is 0 Å². The molecular weight excluding hydrogens is 931 g/mol. The number of fused-ring (bicyclic) bond motifs is 6. The Balaban J connectivity index is 1.05. The third-order valence-electron chi connectivity index (χ3n) is 16.4. The van der Waals surface area contributed by atoms with Crippen molar-refractivity contribution in [1.29, 1.82) is 0 Å². The fourth-order valence-electron chi connectivity index (χ4n) is 13.1. The lowest BCUT2D eigenvalue weighted by atomic mass is 9.82. The van der Waals surface area contributed by atoms with E-state index in [1.807, 2.05) is 0 Å². The van der Waals surface area contributed by atoms with Crippen molar-refractivity contribution >= 4 is 17.1 Å². The zero-order valence-corrected chi connectivity index (χ0v) is 43.8. The van der Waals surface area contributed by atoms with Crippen LogP contribution in [0.25, 0.3) is 89.5 Å². The Morgan fingerprint density at radius 3 is 1.19 bits per heavy atom. The summed E-state index contributed by atoms with van der Waals surface area (Å²) in [7, 11) is 0. The molecule has 0 spiro atoms. The molecule has 0 saturated heterocycles. The highest BCUT2D eigenvalue weighted by Crippen LogP contribution is 2.63. The van der Waals surface area contributed by atoms with E-state index >= 15 is 0 Å². The van der Waals surface area contributed by atoms with Crippen molar-refractivity contribution in [3.63, 3.8) is 0 Å². The second kappa shape index (κ2) is 18.1. The molecule has 2 heterocycles. The highest BCUT2D eigenvalue weighted by Gasteiger charge is 2.49. The number of anilines is 3. The zero-order valence-electron chi connectivity index (χ0n) is 43.8. The molecule has 0 aliphatic heterocycles. The second-order valence-corrected chi connectivity index (χ2v) is 21.6. The van der Waals surface area contributed by atoms with E-state index in [0.29, 0.717) is 0 Å². The standard InChI is InChI=1S/C74H57N3/c1-73(2)62-41-25-23-40-60(62)61-48-47-58(49-63(61)73)75(64-42-26-24-39-59(64)50-27-11-5-12-28-50)57-45-43-54(44-46-57)70-66(52-31-15-7-16-32-52)68-67-65(51-29-13-6-14-30-51)69(53-33-17-8-18-34-53)76(55-35-19-9-20-36-55)71(67)74(3,4)72(68)77(70)56-37-21-10-22-38-56/h5-49H,1-4H3. The van der Waals surface area contributed by atoms with Gasteiger partial charge in [0.25, 0.3) is 0 Å². The molecule has 0 unspecified atom stereocenters. The number of benzene rings is 10. The van der Waals surface area contributed by atoms with E-state index in [9.17, 15) is 0 Å². The molecule has 0 saturated carbocycles. The van der Waals surface area contributed by atoms with Gasteiger partial charge in [-0.3, -0.25) is 0 Å². The first-order valence-corrected chi connectivity index (χ1v) is 26.9. The normalized spacial score (nSPS) is 13.4. The first-order chi connectivity index (χ1) is 37.8. The van der Waals surface area contributed by atoms with E-state index in [1.165, 1.54) is 95.1 Å². The van der Waals surface area contributed by atoms with Crippen molar-refractivity contribution < 1.29 is 0 Å². The first kappa shape index (κ1) is 46.1. The molecule has 2 aromatic heterocycles. The van der Waals surface area contributed by atoms with Crippen LogP contribution in [0.4, 0.5) is 17.1 Å². The van der Waals surface area contributed by atoms with E-state index in [4.69, 9.17) is 0 Å². The predicted molar refractivity (Wildman–Crippen MR) is 322 cm³/mol. The quantitative estimate of drug-likeness (QED) is 0.133. The van der Waals surface area contributed by atoms with E-state index in [0.717, 1.165) is 34.0 Å². The van der Waals surface area contributed by atoms with Crippen LogP contribution in [-0.2, 0) is 10.8 Å². The Kier molecular flexibility index (Phi) is 10.9. The maximum atomic E-state index is 2.60. The molecule has 12 aromatic rings. The smallest absolute Gasteiger partial charge is 0.0616 e. The summed E-state index contributed by atoms with van der Waals surface area (Å²) in [6.07, 6.45) is 0. The lowest BCUT2D eigenvalue weighted by Crippen LogP contribution is -2.24. The molecule has 2 aliphatic carbocycles. The average Bonchev–Trinajstić information content (AvgIpc) is 3.99. The molecule has 3 nitrogen and oxygen atoms in total. The van der Waals surface area contributed by atoms with E-state index in [2.05, 4.69) is 315 Å². The van der Waals surface area contributed by atoms with Crippen molar-refractivity contribution in [2.24, 2.45) is 0 Å². The molecule has 0 radical (unpaired) electrons. The van der Waals surface area contributed by atoms with Crippen molar-refractivity contribution in [2.75, 3.05) is 4.90 Å². The van der Waals surface area contributed by atoms with Gasteiger partial charge in [-0.1, -0.05) is 232 Å². The fraction of sp³-hybridized carbons (Fsp3) is 0.0811. The van der Waals surface area contributed by atoms with Crippen LogP contribution >= 0.6 is 0 Å². The molecule has 0 N–H and O–H groups in total. The summed E-state index contributed by atoms with van der Waals surface area (Å²) in [5.41, 5.74) is 27.2. The summed E-state index contributed by atoms with van der Waals surface area (Å²) in [5.74, 6) is 0. The van der Waals surface area contributed by atoms with Crippen LogP contribution in [0.15, 0.2) is 273 Å². The molecule has 14 rings (SSSR count). The Hall–Kier alpha value is -9.44. The first-order valence-electron chi connectivity index (χ1n) is 26.9. The topological polar surface area (TPSA) is 13.1 Å². The van der Waals surface area contributed by atoms with E-state index in [1.54, 1.807) is 0 Å². The van der Waals surface area contributed by atoms with Gasteiger partial charge in [-0.2, -0.15) is 0 Å². The Bertz CT molecular complexity index is 4150. The summed E-state index contributed by atoms with van der Waals surface area (Å²) in [6, 6.07) is 100. The largest absolute Gasteiger partial charge is 0.311 e. The van der Waals surface area contributed by atoms with Crippen LogP contribution in [0.5, 0.6) is 0 Å².